The van der Waals surface area contributed by atoms with Gasteiger partial charge in [0.2, 0.25) is 0 Å². The third-order valence-corrected chi connectivity index (χ3v) is 17.8. The van der Waals surface area contributed by atoms with Crippen molar-refractivity contribution in [2.45, 2.75) is 451 Å². The second-order valence-electron chi connectivity index (χ2n) is 26.3. The average molecular weight is 1170 g/mol. The van der Waals surface area contributed by atoms with Crippen LogP contribution in [0.25, 0.3) is 0 Å². The van der Waals surface area contributed by atoms with Crippen molar-refractivity contribution in [2.75, 3.05) is 13.2 Å². The monoisotopic (exact) mass is 1170 g/mol. The first kappa shape index (κ1) is 81.2. The van der Waals surface area contributed by atoms with Gasteiger partial charge in [-0.3, -0.25) is 14.4 Å². The molecule has 0 aromatic carbocycles. The minimum Gasteiger partial charge on any atom is -0.462 e. The largest absolute Gasteiger partial charge is 0.462 e. The van der Waals surface area contributed by atoms with E-state index >= 15 is 0 Å². The summed E-state index contributed by atoms with van der Waals surface area (Å²) in [6.45, 7) is 6.72. The summed E-state index contributed by atoms with van der Waals surface area (Å²) in [5, 5.41) is 0. The first-order valence-corrected chi connectivity index (χ1v) is 38.2. The van der Waals surface area contributed by atoms with Gasteiger partial charge in [-0.15, -0.1) is 0 Å². The van der Waals surface area contributed by atoms with Gasteiger partial charge in [-0.25, -0.2) is 0 Å². The zero-order valence-corrected chi connectivity index (χ0v) is 56.8. The van der Waals surface area contributed by atoms with Crippen LogP contribution in [0, 0.1) is 0 Å². The predicted octanol–water partition coefficient (Wildman–Crippen LogP) is 26.3. The highest BCUT2D eigenvalue weighted by atomic mass is 16.6. The van der Waals surface area contributed by atoms with Crippen LogP contribution in [0.1, 0.15) is 445 Å². The molecule has 0 saturated heterocycles. The summed E-state index contributed by atoms with van der Waals surface area (Å²) in [6.07, 6.45) is 88.5. The van der Waals surface area contributed by atoms with Crippen LogP contribution in [0.5, 0.6) is 0 Å². The van der Waals surface area contributed by atoms with Gasteiger partial charge >= 0.3 is 17.9 Å². The number of carbonyl (C=O) groups is 3. The number of esters is 3. The molecule has 0 amide bonds. The molecular weight excluding hydrogens is 1020 g/mol. The van der Waals surface area contributed by atoms with E-state index in [0.717, 1.165) is 64.2 Å². The van der Waals surface area contributed by atoms with Gasteiger partial charge in [0, 0.05) is 19.3 Å². The fraction of sp³-hybridized carbons (Fsp3) is 0.935. The van der Waals surface area contributed by atoms with Crippen molar-refractivity contribution in [1.29, 1.82) is 0 Å². The van der Waals surface area contributed by atoms with Crippen molar-refractivity contribution in [2.24, 2.45) is 0 Å². The zero-order chi connectivity index (χ0) is 59.9. The molecule has 0 fully saturated rings. The Morgan fingerprint density at radius 3 is 0.614 bits per heavy atom. The third kappa shape index (κ3) is 70.8. The summed E-state index contributed by atoms with van der Waals surface area (Å²) in [4.78, 5) is 38.5. The molecule has 6 nitrogen and oxygen atoms in total. The van der Waals surface area contributed by atoms with Crippen LogP contribution in [-0.2, 0) is 28.6 Å². The zero-order valence-electron chi connectivity index (χ0n) is 56.8. The van der Waals surface area contributed by atoms with Gasteiger partial charge in [-0.2, -0.15) is 0 Å². The average Bonchev–Trinajstić information content (AvgIpc) is 3.49. The number of rotatable bonds is 72. The molecule has 0 aliphatic heterocycles. The molecule has 0 saturated carbocycles. The molecule has 0 spiro atoms. The topological polar surface area (TPSA) is 78.9 Å². The van der Waals surface area contributed by atoms with Crippen molar-refractivity contribution in [3.05, 3.63) is 12.2 Å². The van der Waals surface area contributed by atoms with Crippen LogP contribution in [0.4, 0.5) is 0 Å². The van der Waals surface area contributed by atoms with E-state index in [9.17, 15) is 14.4 Å². The quantitative estimate of drug-likeness (QED) is 0.0261. The maximum absolute atomic E-state index is 13.0. The molecule has 0 radical (unpaired) electrons. The van der Waals surface area contributed by atoms with E-state index in [1.54, 1.807) is 0 Å². The molecule has 0 aromatic heterocycles. The van der Waals surface area contributed by atoms with Gasteiger partial charge in [0.1, 0.15) is 13.2 Å². The predicted molar refractivity (Wildman–Crippen MR) is 363 cm³/mol. The molecule has 1 unspecified atom stereocenters. The molecule has 6 heteroatoms. The first-order valence-electron chi connectivity index (χ1n) is 38.2. The fourth-order valence-electron chi connectivity index (χ4n) is 12.0. The number of hydrogen-bond donors (Lipinski definition) is 0. The fourth-order valence-corrected chi connectivity index (χ4v) is 12.0. The Hall–Kier alpha value is -1.85. The van der Waals surface area contributed by atoms with Crippen LogP contribution in [0.2, 0.25) is 0 Å². The van der Waals surface area contributed by atoms with E-state index in [2.05, 4.69) is 32.9 Å². The molecule has 0 rings (SSSR count). The van der Waals surface area contributed by atoms with E-state index in [-0.39, 0.29) is 31.1 Å². The molecule has 0 aromatic rings. The van der Waals surface area contributed by atoms with Crippen molar-refractivity contribution in [3.63, 3.8) is 0 Å². The van der Waals surface area contributed by atoms with Crippen molar-refractivity contribution in [3.8, 4) is 0 Å². The molecule has 0 bridgehead atoms. The number of unbranched alkanes of at least 4 members (excludes halogenated alkanes) is 59. The highest BCUT2D eigenvalue weighted by Gasteiger charge is 2.20. The second kappa shape index (κ2) is 72.6. The highest BCUT2D eigenvalue weighted by Crippen LogP contribution is 2.20. The molecule has 0 N–H and O–H groups in total. The molecule has 492 valence electrons. The van der Waals surface area contributed by atoms with Gasteiger partial charge in [-0.1, -0.05) is 392 Å². The Bertz CT molecular complexity index is 1300. The van der Waals surface area contributed by atoms with Crippen LogP contribution in [-0.4, -0.2) is 37.2 Å². The molecule has 0 aliphatic carbocycles. The standard InChI is InChI=1S/C77H148O6/c1-4-7-10-13-16-19-22-25-27-29-31-33-35-36-37-38-39-40-41-42-44-45-47-49-52-55-58-61-64-67-70-76(79)82-73-74(72-81-75(78)69-66-63-60-57-54-51-24-21-18-15-12-9-6-3)83-77(80)71-68-65-62-59-56-53-50-48-46-43-34-32-30-28-26-23-20-17-14-11-8-5-2/h21,24,74H,4-20,22-23,25-73H2,1-3H3/b24-21-. The SMILES string of the molecule is CCCCCC/C=C\CCCCCCCC(=O)OCC(COC(=O)CCCCCCCCCCCCCCCCCCCCCCCCCCCCCCCC)OC(=O)CCCCCCCCCCCCCCCCCCCCCCCC. The summed E-state index contributed by atoms with van der Waals surface area (Å²) in [7, 11) is 0. The Morgan fingerprint density at radius 1 is 0.229 bits per heavy atom. The van der Waals surface area contributed by atoms with Gasteiger partial charge in [-0.05, 0) is 44.9 Å². The molecule has 0 heterocycles. The maximum atomic E-state index is 13.0. The normalized spacial score (nSPS) is 12.0. The Labute approximate surface area is 520 Å². The van der Waals surface area contributed by atoms with Crippen molar-refractivity contribution >= 4 is 17.9 Å². The first-order chi connectivity index (χ1) is 41.0. The van der Waals surface area contributed by atoms with Crippen LogP contribution in [0.3, 0.4) is 0 Å². The van der Waals surface area contributed by atoms with Crippen molar-refractivity contribution in [1.82, 2.24) is 0 Å². The summed E-state index contributed by atoms with van der Waals surface area (Å²) >= 11 is 0. The number of allylic oxidation sites excluding steroid dienone is 2. The Kier molecular flexibility index (Phi) is 71.0. The molecule has 1 atom stereocenters. The van der Waals surface area contributed by atoms with E-state index < -0.39 is 6.10 Å². The minimum atomic E-state index is -0.770. The number of ether oxygens (including phenoxy) is 3. The smallest absolute Gasteiger partial charge is 0.306 e. The molecular formula is C77H148O6. The summed E-state index contributed by atoms with van der Waals surface area (Å²) < 4.78 is 17.0. The van der Waals surface area contributed by atoms with Gasteiger partial charge in [0.05, 0.1) is 0 Å². The lowest BCUT2D eigenvalue weighted by Crippen LogP contribution is -2.30. The lowest BCUT2D eigenvalue weighted by atomic mass is 10.0. The van der Waals surface area contributed by atoms with Gasteiger partial charge in [0.25, 0.3) is 0 Å². The highest BCUT2D eigenvalue weighted by molar-refractivity contribution is 5.71. The number of hydrogen-bond acceptors (Lipinski definition) is 6. The lowest BCUT2D eigenvalue weighted by Gasteiger charge is -2.18. The number of carbonyl (C=O) groups excluding carboxylic acids is 3. The summed E-state index contributed by atoms with van der Waals surface area (Å²) in [6, 6.07) is 0. The summed E-state index contributed by atoms with van der Waals surface area (Å²) in [5.74, 6) is -0.837. The third-order valence-electron chi connectivity index (χ3n) is 17.8. The Balaban J connectivity index is 4.13. The van der Waals surface area contributed by atoms with Crippen LogP contribution < -0.4 is 0 Å². The van der Waals surface area contributed by atoms with Crippen LogP contribution >= 0.6 is 0 Å². The molecule has 0 aliphatic rings. The minimum absolute atomic E-state index is 0.0655. The summed E-state index contributed by atoms with van der Waals surface area (Å²) in [5.41, 5.74) is 0. The van der Waals surface area contributed by atoms with Gasteiger partial charge < -0.3 is 14.2 Å². The maximum Gasteiger partial charge on any atom is 0.306 e. The Morgan fingerprint density at radius 2 is 0.398 bits per heavy atom. The van der Waals surface area contributed by atoms with E-state index in [0.29, 0.717) is 19.3 Å². The molecule has 83 heavy (non-hydrogen) atoms. The van der Waals surface area contributed by atoms with Crippen molar-refractivity contribution < 1.29 is 28.6 Å². The van der Waals surface area contributed by atoms with E-state index in [4.69, 9.17) is 14.2 Å². The van der Waals surface area contributed by atoms with Crippen LogP contribution in [0.15, 0.2) is 12.2 Å². The van der Waals surface area contributed by atoms with Gasteiger partial charge in [0.15, 0.2) is 6.10 Å². The van der Waals surface area contributed by atoms with E-state index in [1.165, 1.54) is 340 Å². The second-order valence-corrected chi connectivity index (χ2v) is 26.3. The van der Waals surface area contributed by atoms with E-state index in [1.807, 2.05) is 0 Å². The lowest BCUT2D eigenvalue weighted by molar-refractivity contribution is -0.167.